The molecular weight excluding hydrogens is 428 g/mol. The van der Waals surface area contributed by atoms with Crippen LogP contribution < -0.4 is 20.7 Å². The van der Waals surface area contributed by atoms with Crippen molar-refractivity contribution in [2.24, 2.45) is 0 Å². The maximum atomic E-state index is 12.7. The predicted octanol–water partition coefficient (Wildman–Crippen LogP) is 1.12. The number of methoxy groups -OCH3 is 1. The molecule has 10 nitrogen and oxygen atoms in total. The van der Waals surface area contributed by atoms with E-state index in [0.717, 1.165) is 0 Å². The molecule has 3 heterocycles. The smallest absolute Gasteiger partial charge is 0.323 e. The number of aromatic hydroxyl groups is 1. The second-order valence-corrected chi connectivity index (χ2v) is 7.64. The molecule has 4 N–H and O–H groups in total. The molecule has 3 aromatic rings. The number of benzene rings is 2. The van der Waals surface area contributed by atoms with E-state index in [1.54, 1.807) is 30.5 Å². The van der Waals surface area contributed by atoms with Crippen LogP contribution in [0, 0.1) is 11.8 Å². The lowest BCUT2D eigenvalue weighted by Crippen LogP contribution is -2.49. The zero-order valence-corrected chi connectivity index (χ0v) is 17.2. The number of nitrogens with one attached hydrogen (secondary N) is 3. The molecule has 0 spiro atoms. The fraction of sp³-hybridized carbons (Fsp3) is 0.130. The van der Waals surface area contributed by atoms with Crippen molar-refractivity contribution in [3.8, 4) is 23.5 Å². The largest absolute Gasteiger partial charge is 0.497 e. The minimum Gasteiger partial charge on any atom is -0.497 e. The molecule has 2 aliphatic heterocycles. The van der Waals surface area contributed by atoms with Gasteiger partial charge in [0.2, 0.25) is 5.54 Å². The molecule has 0 aliphatic carbocycles. The molecule has 0 saturated carbocycles. The average molecular weight is 444 g/mol. The Morgan fingerprint density at radius 2 is 1.91 bits per heavy atom. The van der Waals surface area contributed by atoms with Gasteiger partial charge in [-0.2, -0.15) is 0 Å². The summed E-state index contributed by atoms with van der Waals surface area (Å²) in [6, 6.07) is 8.98. The van der Waals surface area contributed by atoms with Crippen LogP contribution in [0.2, 0.25) is 0 Å². The van der Waals surface area contributed by atoms with Gasteiger partial charge in [0.15, 0.2) is 5.88 Å². The third-order valence-corrected chi connectivity index (χ3v) is 5.56. The molecule has 1 fully saturated rings. The number of carbonyl (C=O) groups is 4. The highest BCUT2D eigenvalue weighted by Crippen LogP contribution is 2.32. The van der Waals surface area contributed by atoms with E-state index in [-0.39, 0.29) is 18.0 Å². The van der Waals surface area contributed by atoms with E-state index in [1.165, 1.54) is 23.8 Å². The second-order valence-electron chi connectivity index (χ2n) is 7.64. The van der Waals surface area contributed by atoms with E-state index in [1.807, 2.05) is 0 Å². The number of hydrogen-bond acceptors (Lipinski definition) is 6. The molecular formula is C23H16N4O6. The molecule has 1 aromatic heterocycles. The first-order chi connectivity index (χ1) is 15.8. The number of aromatic nitrogens is 1. The van der Waals surface area contributed by atoms with Crippen LogP contribution in [0.3, 0.4) is 0 Å². The third kappa shape index (κ3) is 3.23. The lowest BCUT2D eigenvalue weighted by molar-refractivity contribution is -0.122. The lowest BCUT2D eigenvalue weighted by atomic mass is 9.99. The number of ketones is 1. The number of nitrogens with zero attached hydrogens (tertiary/aromatic N) is 1. The van der Waals surface area contributed by atoms with Crippen molar-refractivity contribution in [3.63, 3.8) is 0 Å². The maximum absolute atomic E-state index is 12.7. The summed E-state index contributed by atoms with van der Waals surface area (Å²) in [5.74, 6) is 4.05. The highest BCUT2D eigenvalue weighted by molar-refractivity contribution is 6.51. The number of fused-ring (bicyclic) bond motifs is 2. The van der Waals surface area contributed by atoms with Gasteiger partial charge in [0.05, 0.1) is 24.9 Å². The molecule has 33 heavy (non-hydrogen) atoms. The molecule has 1 saturated heterocycles. The molecule has 0 unspecified atom stereocenters. The molecule has 2 aliphatic rings. The zero-order chi connectivity index (χ0) is 23.3. The second kappa shape index (κ2) is 7.13. The number of rotatable bonds is 3. The molecule has 10 heteroatoms. The zero-order valence-electron chi connectivity index (χ0n) is 17.2. The van der Waals surface area contributed by atoms with Crippen LogP contribution >= 0.6 is 0 Å². The number of anilines is 1. The summed E-state index contributed by atoms with van der Waals surface area (Å²) in [6.07, 6.45) is 1.64. The SMILES string of the molecule is COc1ccc2cn(C[C@@]3(C#Cc4ccc5c(c4)NC(=O)C5=O)NC(=O)NC3=O)c(O)c2c1. The highest BCUT2D eigenvalue weighted by Gasteiger charge is 2.46. The fourth-order valence-corrected chi connectivity index (χ4v) is 3.86. The Morgan fingerprint density at radius 3 is 2.64 bits per heavy atom. The number of amides is 4. The van der Waals surface area contributed by atoms with Gasteiger partial charge in [-0.25, -0.2) is 4.79 Å². The van der Waals surface area contributed by atoms with Crippen LogP contribution in [-0.2, 0) is 16.1 Å². The summed E-state index contributed by atoms with van der Waals surface area (Å²) in [4.78, 5) is 48.0. The van der Waals surface area contributed by atoms with Crippen LogP contribution in [0.15, 0.2) is 42.6 Å². The van der Waals surface area contributed by atoms with E-state index >= 15 is 0 Å². The van der Waals surface area contributed by atoms with Crippen LogP contribution in [0.25, 0.3) is 10.8 Å². The van der Waals surface area contributed by atoms with Crippen molar-refractivity contribution in [1.29, 1.82) is 0 Å². The minimum absolute atomic E-state index is 0.113. The van der Waals surface area contributed by atoms with Gasteiger partial charge in [-0.05, 0) is 36.4 Å². The van der Waals surface area contributed by atoms with Crippen molar-refractivity contribution in [2.75, 3.05) is 12.4 Å². The first kappa shape index (κ1) is 20.1. The number of carbonyl (C=O) groups excluding carboxylic acids is 4. The number of imide groups is 1. The Bertz CT molecular complexity index is 1460. The first-order valence-corrected chi connectivity index (χ1v) is 9.82. The van der Waals surface area contributed by atoms with Crippen LogP contribution in [0.1, 0.15) is 15.9 Å². The molecule has 4 amide bonds. The summed E-state index contributed by atoms with van der Waals surface area (Å²) in [5, 5.41) is 19.1. The van der Waals surface area contributed by atoms with E-state index in [2.05, 4.69) is 27.8 Å². The van der Waals surface area contributed by atoms with Crippen molar-refractivity contribution in [1.82, 2.24) is 15.2 Å². The van der Waals surface area contributed by atoms with E-state index in [0.29, 0.717) is 27.8 Å². The summed E-state index contributed by atoms with van der Waals surface area (Å²) in [6.45, 7) is -0.166. The van der Waals surface area contributed by atoms with E-state index in [9.17, 15) is 24.3 Å². The standard InChI is InChI=1S/C23H16N4O6/c1-33-14-4-3-13-10-27(20(30)16(13)9-14)11-23(21(31)25-22(32)26-23)7-6-12-2-5-15-17(8-12)24-19(29)18(15)28/h2-5,8-10,30H,11H2,1H3,(H,24,28,29)(H2,25,26,31,32)/t23-/m1/s1. The highest BCUT2D eigenvalue weighted by atomic mass is 16.5. The normalized spacial score (nSPS) is 18.9. The van der Waals surface area contributed by atoms with Gasteiger partial charge in [-0.15, -0.1) is 0 Å². The Hall–Kier alpha value is -4.78. The molecule has 0 bridgehead atoms. The van der Waals surface area contributed by atoms with Crippen molar-refractivity contribution < 1.29 is 29.0 Å². The predicted molar refractivity (Wildman–Crippen MR) is 116 cm³/mol. The molecule has 164 valence electrons. The quantitative estimate of drug-likeness (QED) is 0.271. The Labute approximate surface area is 186 Å². The van der Waals surface area contributed by atoms with Gasteiger partial charge >= 0.3 is 6.03 Å². The fourth-order valence-electron chi connectivity index (χ4n) is 3.86. The summed E-state index contributed by atoms with van der Waals surface area (Å²) < 4.78 is 6.61. The Morgan fingerprint density at radius 1 is 1.09 bits per heavy atom. The summed E-state index contributed by atoms with van der Waals surface area (Å²) >= 11 is 0. The number of ether oxygens (including phenoxy) is 1. The Balaban J connectivity index is 1.53. The van der Waals surface area contributed by atoms with Crippen molar-refractivity contribution in [2.45, 2.75) is 12.1 Å². The monoisotopic (exact) mass is 444 g/mol. The summed E-state index contributed by atoms with van der Waals surface area (Å²) in [7, 11) is 1.51. The molecule has 1 atom stereocenters. The van der Waals surface area contributed by atoms with Crippen LogP contribution in [-0.4, -0.2) is 46.0 Å². The van der Waals surface area contributed by atoms with E-state index in [4.69, 9.17) is 4.74 Å². The maximum Gasteiger partial charge on any atom is 0.323 e. The van der Waals surface area contributed by atoms with Crippen molar-refractivity contribution >= 4 is 40.1 Å². The first-order valence-electron chi connectivity index (χ1n) is 9.82. The minimum atomic E-state index is -1.66. The number of Topliss-reactive ketones (excluding diaryl/α,β-unsaturated/α-hetero) is 1. The lowest BCUT2D eigenvalue weighted by Gasteiger charge is -2.20. The Kier molecular flexibility index (Phi) is 4.35. The topological polar surface area (TPSA) is 139 Å². The number of urea groups is 1. The van der Waals surface area contributed by atoms with Crippen molar-refractivity contribution in [3.05, 3.63) is 53.7 Å². The van der Waals surface area contributed by atoms with Crippen LogP contribution in [0.4, 0.5) is 10.5 Å². The van der Waals surface area contributed by atoms with Gasteiger partial charge in [0.25, 0.3) is 17.6 Å². The van der Waals surface area contributed by atoms with Gasteiger partial charge in [-0.1, -0.05) is 11.8 Å². The summed E-state index contributed by atoms with van der Waals surface area (Å²) in [5.41, 5.74) is -0.671. The third-order valence-electron chi connectivity index (χ3n) is 5.56. The van der Waals surface area contributed by atoms with Gasteiger partial charge in [0, 0.05) is 22.5 Å². The number of hydrogen-bond donors (Lipinski definition) is 4. The molecule has 5 rings (SSSR count). The van der Waals surface area contributed by atoms with Crippen LogP contribution in [0.5, 0.6) is 11.6 Å². The van der Waals surface area contributed by atoms with Gasteiger partial charge in [-0.3, -0.25) is 19.7 Å². The van der Waals surface area contributed by atoms with E-state index < -0.39 is 29.2 Å². The molecule has 0 radical (unpaired) electrons. The van der Waals surface area contributed by atoms with Gasteiger partial charge in [0.1, 0.15) is 5.75 Å². The average Bonchev–Trinajstić information content (AvgIpc) is 3.37. The van der Waals surface area contributed by atoms with Gasteiger partial charge < -0.3 is 25.0 Å². The molecule has 2 aromatic carbocycles.